The molecule has 0 atom stereocenters. The van der Waals surface area contributed by atoms with Gasteiger partial charge in [0.05, 0.1) is 0 Å². The van der Waals surface area contributed by atoms with E-state index in [9.17, 15) is 0 Å². The molecule has 2 nitrogen and oxygen atoms in total. The van der Waals surface area contributed by atoms with Crippen molar-refractivity contribution in [3.8, 4) is 0 Å². The lowest BCUT2D eigenvalue weighted by molar-refractivity contribution is 0.139. The summed E-state index contributed by atoms with van der Waals surface area (Å²) in [4.78, 5) is 2.75. The Balaban J connectivity index is 1.66. The van der Waals surface area contributed by atoms with E-state index in [2.05, 4.69) is 41.5 Å². The number of nitrogens with zero attached hydrogens (tertiary/aromatic N) is 1. The first-order valence-corrected chi connectivity index (χ1v) is 7.85. The van der Waals surface area contributed by atoms with Crippen molar-refractivity contribution in [2.45, 2.75) is 57.2 Å². The molecule has 0 saturated heterocycles. The van der Waals surface area contributed by atoms with Crippen molar-refractivity contribution < 1.29 is 0 Å². The minimum absolute atomic E-state index is 0.760. The maximum Gasteiger partial charge on any atom is 0.0239 e. The van der Waals surface area contributed by atoms with Gasteiger partial charge < -0.3 is 5.32 Å². The van der Waals surface area contributed by atoms with Gasteiger partial charge in [0.2, 0.25) is 0 Å². The van der Waals surface area contributed by atoms with Gasteiger partial charge >= 0.3 is 0 Å². The molecule has 1 saturated carbocycles. The first kappa shape index (κ1) is 13.1. The normalized spacial score (nSPS) is 28.7. The third kappa shape index (κ3) is 3.01. The number of fused-ring (bicyclic) bond motifs is 1. The van der Waals surface area contributed by atoms with Crippen LogP contribution in [0.3, 0.4) is 0 Å². The van der Waals surface area contributed by atoms with E-state index in [-0.39, 0.29) is 0 Å². The van der Waals surface area contributed by atoms with Crippen LogP contribution in [0.25, 0.3) is 0 Å². The molecule has 0 amide bonds. The second-order valence-electron chi connectivity index (χ2n) is 6.14. The molecule has 3 rings (SSSR count). The Kier molecular flexibility index (Phi) is 4.19. The molecule has 1 aliphatic heterocycles. The van der Waals surface area contributed by atoms with Gasteiger partial charge in [-0.15, -0.1) is 0 Å². The zero-order valence-corrected chi connectivity index (χ0v) is 12.1. The highest BCUT2D eigenvalue weighted by Gasteiger charge is 2.26. The monoisotopic (exact) mass is 258 g/mol. The van der Waals surface area contributed by atoms with Gasteiger partial charge in [0.15, 0.2) is 0 Å². The standard InChI is InChI=1S/C17H26N2/c1-18-16-8-10-17(11-9-16)19-12-4-7-14-5-2-3-6-15(14)13-19/h2-3,5-6,16-18H,4,7-13H2,1H3. The fourth-order valence-electron chi connectivity index (χ4n) is 3.77. The molecule has 1 aromatic rings. The second-order valence-corrected chi connectivity index (χ2v) is 6.14. The summed E-state index contributed by atoms with van der Waals surface area (Å²) in [5.74, 6) is 0. The average molecular weight is 258 g/mol. The molecule has 1 heterocycles. The minimum atomic E-state index is 0.760. The van der Waals surface area contributed by atoms with Crippen molar-refractivity contribution >= 4 is 0 Å². The largest absolute Gasteiger partial charge is 0.317 e. The fraction of sp³-hybridized carbons (Fsp3) is 0.647. The topological polar surface area (TPSA) is 15.3 Å². The van der Waals surface area contributed by atoms with Gasteiger partial charge in [-0.25, -0.2) is 0 Å². The summed E-state index contributed by atoms with van der Waals surface area (Å²) in [6.07, 6.45) is 8.02. The van der Waals surface area contributed by atoms with Crippen molar-refractivity contribution in [2.24, 2.45) is 0 Å². The molecule has 0 unspecified atom stereocenters. The van der Waals surface area contributed by atoms with Crippen LogP contribution in [0.5, 0.6) is 0 Å². The molecule has 0 spiro atoms. The fourth-order valence-corrected chi connectivity index (χ4v) is 3.77. The van der Waals surface area contributed by atoms with Crippen LogP contribution in [0.2, 0.25) is 0 Å². The first-order valence-electron chi connectivity index (χ1n) is 7.85. The number of rotatable bonds is 2. The molecule has 2 heteroatoms. The van der Waals surface area contributed by atoms with Crippen LogP contribution < -0.4 is 5.32 Å². The Labute approximate surface area is 117 Å². The van der Waals surface area contributed by atoms with Crippen LogP contribution in [-0.4, -0.2) is 30.6 Å². The maximum absolute atomic E-state index is 3.44. The molecular weight excluding hydrogens is 232 g/mol. The van der Waals surface area contributed by atoms with Gasteiger partial charge in [-0.3, -0.25) is 4.90 Å². The van der Waals surface area contributed by atoms with Crippen LogP contribution >= 0.6 is 0 Å². The van der Waals surface area contributed by atoms with Gasteiger partial charge in [0, 0.05) is 18.6 Å². The summed E-state index contributed by atoms with van der Waals surface area (Å²) in [6, 6.07) is 10.6. The van der Waals surface area contributed by atoms with Crippen LogP contribution in [0.4, 0.5) is 0 Å². The van der Waals surface area contributed by atoms with E-state index in [4.69, 9.17) is 0 Å². The molecule has 1 aromatic carbocycles. The predicted molar refractivity (Wildman–Crippen MR) is 80.3 cm³/mol. The average Bonchev–Trinajstić information content (AvgIpc) is 2.69. The van der Waals surface area contributed by atoms with Crippen molar-refractivity contribution in [3.63, 3.8) is 0 Å². The number of benzene rings is 1. The van der Waals surface area contributed by atoms with E-state index in [1.54, 1.807) is 11.1 Å². The molecule has 104 valence electrons. The van der Waals surface area contributed by atoms with Crippen molar-refractivity contribution in [2.75, 3.05) is 13.6 Å². The van der Waals surface area contributed by atoms with Gasteiger partial charge in [-0.2, -0.15) is 0 Å². The van der Waals surface area contributed by atoms with Crippen molar-refractivity contribution in [1.82, 2.24) is 10.2 Å². The molecule has 0 radical (unpaired) electrons. The van der Waals surface area contributed by atoms with Crippen LogP contribution in [0.1, 0.15) is 43.2 Å². The van der Waals surface area contributed by atoms with Gasteiger partial charge in [0.25, 0.3) is 0 Å². The van der Waals surface area contributed by atoms with Gasteiger partial charge in [-0.1, -0.05) is 24.3 Å². The highest BCUT2D eigenvalue weighted by atomic mass is 15.2. The predicted octanol–water partition coefficient (Wildman–Crippen LogP) is 2.97. The van der Waals surface area contributed by atoms with Gasteiger partial charge in [0.1, 0.15) is 0 Å². The van der Waals surface area contributed by atoms with Crippen LogP contribution in [0.15, 0.2) is 24.3 Å². The summed E-state index contributed by atoms with van der Waals surface area (Å²) in [7, 11) is 2.10. The number of hydrogen-bond donors (Lipinski definition) is 1. The Morgan fingerprint density at radius 1 is 1.05 bits per heavy atom. The van der Waals surface area contributed by atoms with Crippen molar-refractivity contribution in [1.29, 1.82) is 0 Å². The Hall–Kier alpha value is -0.860. The zero-order chi connectivity index (χ0) is 13.1. The number of hydrogen-bond acceptors (Lipinski definition) is 2. The maximum atomic E-state index is 3.44. The van der Waals surface area contributed by atoms with E-state index in [1.807, 2.05) is 0 Å². The molecular formula is C17H26N2. The Morgan fingerprint density at radius 2 is 1.79 bits per heavy atom. The smallest absolute Gasteiger partial charge is 0.0239 e. The molecule has 0 aromatic heterocycles. The second kappa shape index (κ2) is 6.06. The van der Waals surface area contributed by atoms with E-state index < -0.39 is 0 Å². The summed E-state index contributed by atoms with van der Waals surface area (Å²) in [5, 5.41) is 3.44. The third-order valence-corrected chi connectivity index (χ3v) is 5.00. The molecule has 1 aliphatic carbocycles. The lowest BCUT2D eigenvalue weighted by Gasteiger charge is -2.36. The van der Waals surface area contributed by atoms with Crippen molar-refractivity contribution in [3.05, 3.63) is 35.4 Å². The first-order chi connectivity index (χ1) is 9.36. The van der Waals surface area contributed by atoms with E-state index in [1.165, 1.54) is 51.6 Å². The lowest BCUT2D eigenvalue weighted by Crippen LogP contribution is -2.41. The molecule has 1 fully saturated rings. The summed E-state index contributed by atoms with van der Waals surface area (Å²) in [5.41, 5.74) is 3.14. The Morgan fingerprint density at radius 3 is 2.53 bits per heavy atom. The lowest BCUT2D eigenvalue weighted by atomic mass is 9.90. The highest BCUT2D eigenvalue weighted by molar-refractivity contribution is 5.28. The molecule has 1 N–H and O–H groups in total. The summed E-state index contributed by atoms with van der Waals surface area (Å²) < 4.78 is 0. The molecule has 2 aliphatic rings. The van der Waals surface area contributed by atoms with E-state index in [0.29, 0.717) is 0 Å². The minimum Gasteiger partial charge on any atom is -0.317 e. The molecule has 19 heavy (non-hydrogen) atoms. The number of nitrogens with one attached hydrogen (secondary N) is 1. The Bertz CT molecular complexity index is 407. The van der Waals surface area contributed by atoms with E-state index >= 15 is 0 Å². The molecule has 0 bridgehead atoms. The van der Waals surface area contributed by atoms with Gasteiger partial charge in [-0.05, 0) is 63.2 Å². The van der Waals surface area contributed by atoms with Crippen LogP contribution in [0, 0.1) is 0 Å². The van der Waals surface area contributed by atoms with E-state index in [0.717, 1.165) is 12.1 Å². The quantitative estimate of drug-likeness (QED) is 0.877. The summed E-state index contributed by atoms with van der Waals surface area (Å²) >= 11 is 0. The highest BCUT2D eigenvalue weighted by Crippen LogP contribution is 2.27. The SMILES string of the molecule is CNC1CCC(N2CCCc3ccccc3C2)CC1. The van der Waals surface area contributed by atoms with Crippen LogP contribution in [-0.2, 0) is 13.0 Å². The zero-order valence-electron chi connectivity index (χ0n) is 12.1. The summed E-state index contributed by atoms with van der Waals surface area (Å²) in [6.45, 7) is 2.45. The number of aryl methyl sites for hydroxylation is 1. The third-order valence-electron chi connectivity index (χ3n) is 5.00.